The van der Waals surface area contributed by atoms with E-state index in [1.165, 1.54) is 0 Å². The Morgan fingerprint density at radius 1 is 1.18 bits per heavy atom. The highest BCUT2D eigenvalue weighted by molar-refractivity contribution is 5.92. The highest BCUT2D eigenvalue weighted by Gasteiger charge is 2.06. The molecule has 0 radical (unpaired) electrons. The van der Waals surface area contributed by atoms with Crippen LogP contribution in [0, 0.1) is 0 Å². The predicted molar refractivity (Wildman–Crippen MR) is 87.7 cm³/mol. The van der Waals surface area contributed by atoms with Crippen LogP contribution in [0.3, 0.4) is 0 Å². The molecule has 116 valence electrons. The Labute approximate surface area is 131 Å². The van der Waals surface area contributed by atoms with Crippen molar-refractivity contribution >= 4 is 11.6 Å². The third-order valence-electron chi connectivity index (χ3n) is 3.28. The Hall–Kier alpha value is -2.43. The number of hydrogen-bond acceptors (Lipinski definition) is 4. The van der Waals surface area contributed by atoms with E-state index in [2.05, 4.69) is 27.5 Å². The van der Waals surface area contributed by atoms with E-state index >= 15 is 0 Å². The van der Waals surface area contributed by atoms with Gasteiger partial charge in [-0.15, -0.1) is 0 Å². The first kappa shape index (κ1) is 15.9. The lowest BCUT2D eigenvalue weighted by Crippen LogP contribution is -2.25. The molecule has 0 saturated carbocycles. The lowest BCUT2D eigenvalue weighted by Gasteiger charge is -2.07. The van der Waals surface area contributed by atoms with Crippen molar-refractivity contribution in [3.8, 4) is 0 Å². The maximum atomic E-state index is 11.9. The number of aromatic nitrogens is 2. The fraction of sp³-hybridized carbons (Fsp3) is 0.353. The molecule has 0 aromatic carbocycles. The van der Waals surface area contributed by atoms with Gasteiger partial charge in [-0.3, -0.25) is 9.78 Å². The smallest absolute Gasteiger partial charge is 0.269 e. The second-order valence-electron chi connectivity index (χ2n) is 5.11. The third kappa shape index (κ3) is 5.16. The van der Waals surface area contributed by atoms with Gasteiger partial charge in [0.15, 0.2) is 0 Å². The summed E-state index contributed by atoms with van der Waals surface area (Å²) >= 11 is 0. The minimum atomic E-state index is -0.116. The number of carbonyl (C=O) groups is 1. The molecular weight excluding hydrogens is 276 g/mol. The lowest BCUT2D eigenvalue weighted by atomic mass is 10.2. The number of anilines is 1. The zero-order valence-electron chi connectivity index (χ0n) is 12.9. The molecule has 0 fully saturated rings. The van der Waals surface area contributed by atoms with Crippen molar-refractivity contribution in [2.75, 3.05) is 11.9 Å². The van der Waals surface area contributed by atoms with Crippen LogP contribution in [0.4, 0.5) is 5.69 Å². The minimum Gasteiger partial charge on any atom is -0.380 e. The van der Waals surface area contributed by atoms with Crippen LogP contribution in [-0.4, -0.2) is 22.4 Å². The van der Waals surface area contributed by atoms with Crippen LogP contribution >= 0.6 is 0 Å². The second kappa shape index (κ2) is 8.77. The molecule has 22 heavy (non-hydrogen) atoms. The number of nitrogens with zero attached hydrogens (tertiary/aromatic N) is 2. The van der Waals surface area contributed by atoms with Crippen LogP contribution in [0.1, 0.15) is 42.2 Å². The first-order valence-electron chi connectivity index (χ1n) is 7.66. The topological polar surface area (TPSA) is 66.9 Å². The van der Waals surface area contributed by atoms with Gasteiger partial charge in [0, 0.05) is 25.5 Å². The van der Waals surface area contributed by atoms with Crippen LogP contribution < -0.4 is 10.6 Å². The van der Waals surface area contributed by atoms with Gasteiger partial charge in [0.05, 0.1) is 11.9 Å². The quantitative estimate of drug-likeness (QED) is 0.735. The summed E-state index contributed by atoms with van der Waals surface area (Å²) in [5.74, 6) is -0.116. The predicted octanol–water partition coefficient (Wildman–Crippen LogP) is 3.01. The fourth-order valence-electron chi connectivity index (χ4n) is 2.01. The summed E-state index contributed by atoms with van der Waals surface area (Å²) in [6.07, 6.45) is 8.53. The maximum absolute atomic E-state index is 11.9. The summed E-state index contributed by atoms with van der Waals surface area (Å²) < 4.78 is 0. The molecule has 2 aromatic rings. The third-order valence-corrected chi connectivity index (χ3v) is 3.28. The number of pyridine rings is 2. The Morgan fingerprint density at radius 3 is 2.77 bits per heavy atom. The van der Waals surface area contributed by atoms with E-state index in [-0.39, 0.29) is 5.91 Å². The summed E-state index contributed by atoms with van der Waals surface area (Å²) in [5, 5.41) is 6.13. The van der Waals surface area contributed by atoms with Crippen LogP contribution in [0.5, 0.6) is 0 Å². The number of carbonyl (C=O) groups excluding carboxylic acids is 1. The molecule has 0 unspecified atom stereocenters. The van der Waals surface area contributed by atoms with Crippen LogP contribution in [0.15, 0.2) is 42.9 Å². The lowest BCUT2D eigenvalue weighted by molar-refractivity contribution is 0.0948. The zero-order chi connectivity index (χ0) is 15.6. The van der Waals surface area contributed by atoms with Crippen molar-refractivity contribution in [1.29, 1.82) is 0 Å². The minimum absolute atomic E-state index is 0.116. The van der Waals surface area contributed by atoms with E-state index in [0.717, 1.165) is 30.5 Å². The van der Waals surface area contributed by atoms with Crippen molar-refractivity contribution in [2.24, 2.45) is 0 Å². The van der Waals surface area contributed by atoms with E-state index in [4.69, 9.17) is 0 Å². The van der Waals surface area contributed by atoms with E-state index in [0.29, 0.717) is 18.8 Å². The average Bonchev–Trinajstić information content (AvgIpc) is 2.58. The molecule has 2 N–H and O–H groups in total. The van der Waals surface area contributed by atoms with Crippen LogP contribution in [0.25, 0.3) is 0 Å². The Morgan fingerprint density at radius 2 is 2.09 bits per heavy atom. The average molecular weight is 298 g/mol. The largest absolute Gasteiger partial charge is 0.380 e. The van der Waals surface area contributed by atoms with Gasteiger partial charge in [-0.2, -0.15) is 0 Å². The molecule has 0 saturated heterocycles. The molecule has 0 aliphatic heterocycles. The van der Waals surface area contributed by atoms with Crippen molar-refractivity contribution < 1.29 is 4.79 Å². The first-order chi connectivity index (χ1) is 10.8. The highest BCUT2D eigenvalue weighted by Crippen LogP contribution is 2.08. The normalized spacial score (nSPS) is 10.2. The van der Waals surface area contributed by atoms with Crippen molar-refractivity contribution in [3.63, 3.8) is 0 Å². The van der Waals surface area contributed by atoms with E-state index in [1.54, 1.807) is 18.5 Å². The molecule has 2 heterocycles. The monoisotopic (exact) mass is 298 g/mol. The Balaban J connectivity index is 1.81. The van der Waals surface area contributed by atoms with Gasteiger partial charge < -0.3 is 10.6 Å². The summed E-state index contributed by atoms with van der Waals surface area (Å²) in [6.45, 7) is 3.52. The molecule has 0 spiro atoms. The van der Waals surface area contributed by atoms with Gasteiger partial charge in [-0.25, -0.2) is 4.98 Å². The van der Waals surface area contributed by atoms with Gasteiger partial charge in [-0.1, -0.05) is 25.8 Å². The molecule has 0 bridgehead atoms. The molecule has 2 rings (SSSR count). The summed E-state index contributed by atoms with van der Waals surface area (Å²) in [6, 6.07) is 7.51. The van der Waals surface area contributed by atoms with Crippen molar-refractivity contribution in [2.45, 2.75) is 32.7 Å². The summed E-state index contributed by atoms with van der Waals surface area (Å²) in [5.41, 5.74) is 2.43. The zero-order valence-corrected chi connectivity index (χ0v) is 12.9. The number of unbranched alkanes of at least 4 members (excludes halogenated alkanes) is 2. The summed E-state index contributed by atoms with van der Waals surface area (Å²) in [7, 11) is 0. The molecule has 0 aliphatic carbocycles. The number of nitrogens with one attached hydrogen (secondary N) is 2. The molecule has 0 atom stereocenters. The molecule has 2 aromatic heterocycles. The number of amides is 1. The van der Waals surface area contributed by atoms with Crippen LogP contribution in [-0.2, 0) is 6.54 Å². The van der Waals surface area contributed by atoms with E-state index < -0.39 is 0 Å². The molecule has 5 nitrogen and oxygen atoms in total. The van der Waals surface area contributed by atoms with Gasteiger partial charge in [0.1, 0.15) is 5.69 Å². The summed E-state index contributed by atoms with van der Waals surface area (Å²) in [4.78, 5) is 20.2. The van der Waals surface area contributed by atoms with E-state index in [9.17, 15) is 4.79 Å². The number of rotatable bonds is 8. The molecule has 5 heteroatoms. The first-order valence-corrected chi connectivity index (χ1v) is 7.66. The second-order valence-corrected chi connectivity index (χ2v) is 5.11. The Bertz CT molecular complexity index is 569. The molecule has 0 aliphatic rings. The maximum Gasteiger partial charge on any atom is 0.269 e. The fourth-order valence-corrected chi connectivity index (χ4v) is 2.01. The van der Waals surface area contributed by atoms with Gasteiger partial charge in [0.2, 0.25) is 0 Å². The SMILES string of the molecule is CCCCCNC(=O)c1ccc(NCc2cccnc2)cn1. The molecular formula is C17H22N4O. The van der Waals surface area contributed by atoms with Gasteiger partial charge >= 0.3 is 0 Å². The van der Waals surface area contributed by atoms with Crippen molar-refractivity contribution in [1.82, 2.24) is 15.3 Å². The standard InChI is InChI=1S/C17H22N4O/c1-2-3-4-10-19-17(22)16-8-7-15(13-21-16)20-12-14-6-5-9-18-11-14/h5-9,11,13,20H,2-4,10,12H2,1H3,(H,19,22). The van der Waals surface area contributed by atoms with Gasteiger partial charge in [-0.05, 0) is 30.2 Å². The van der Waals surface area contributed by atoms with Gasteiger partial charge in [0.25, 0.3) is 5.91 Å². The molecule has 1 amide bonds. The Kier molecular flexibility index (Phi) is 6.36. The van der Waals surface area contributed by atoms with Crippen molar-refractivity contribution in [3.05, 3.63) is 54.1 Å². The van der Waals surface area contributed by atoms with E-state index in [1.807, 2.05) is 24.4 Å². The highest BCUT2D eigenvalue weighted by atomic mass is 16.1. The number of hydrogen-bond donors (Lipinski definition) is 2. The van der Waals surface area contributed by atoms with Crippen LogP contribution in [0.2, 0.25) is 0 Å².